The second kappa shape index (κ2) is 7.23. The summed E-state index contributed by atoms with van der Waals surface area (Å²) in [7, 11) is 0. The lowest BCUT2D eigenvalue weighted by molar-refractivity contribution is -0.146. The normalized spacial score (nSPS) is 15.0. The molecular weight excluding hydrogens is 286 g/mol. The van der Waals surface area contributed by atoms with E-state index in [1.54, 1.807) is 0 Å². The van der Waals surface area contributed by atoms with Crippen molar-refractivity contribution < 1.29 is 9.59 Å². The molecule has 1 aliphatic rings. The summed E-state index contributed by atoms with van der Waals surface area (Å²) in [5.41, 5.74) is 2.22. The molecule has 0 saturated carbocycles. The standard InChI is InChI=1S/C20H21NO2/c22-19-13-7-8-14-21(19)20(23)15-18(16-9-3-1-4-10-16)17-11-5-2-6-12-17/h1-6,9-12,18H,7-8,13-15H2. The molecule has 2 amide bonds. The fourth-order valence-corrected chi connectivity index (χ4v) is 3.15. The first-order valence-electron chi connectivity index (χ1n) is 8.19. The number of carbonyl (C=O) groups is 2. The average molecular weight is 307 g/mol. The average Bonchev–Trinajstić information content (AvgIpc) is 2.61. The molecule has 2 aromatic rings. The number of likely N-dealkylation sites (tertiary alicyclic amines) is 1. The number of amides is 2. The Morgan fingerprint density at radius 1 is 0.913 bits per heavy atom. The molecule has 0 spiro atoms. The van der Waals surface area contributed by atoms with Crippen LogP contribution in [0.3, 0.4) is 0 Å². The summed E-state index contributed by atoms with van der Waals surface area (Å²) in [6, 6.07) is 20.1. The van der Waals surface area contributed by atoms with Crippen molar-refractivity contribution in [1.82, 2.24) is 4.90 Å². The maximum absolute atomic E-state index is 12.7. The Kier molecular flexibility index (Phi) is 4.86. The quantitative estimate of drug-likeness (QED) is 0.862. The van der Waals surface area contributed by atoms with Gasteiger partial charge in [-0.05, 0) is 24.0 Å². The number of carbonyl (C=O) groups excluding carboxylic acids is 2. The van der Waals surface area contributed by atoms with Crippen molar-refractivity contribution >= 4 is 11.8 Å². The molecule has 23 heavy (non-hydrogen) atoms. The highest BCUT2D eigenvalue weighted by Gasteiger charge is 2.27. The predicted octanol–water partition coefficient (Wildman–Crippen LogP) is 3.75. The van der Waals surface area contributed by atoms with Gasteiger partial charge in [0.2, 0.25) is 11.8 Å². The Bertz CT molecular complexity index is 627. The van der Waals surface area contributed by atoms with Crippen LogP contribution >= 0.6 is 0 Å². The van der Waals surface area contributed by atoms with Gasteiger partial charge in [-0.2, -0.15) is 0 Å². The number of rotatable bonds is 4. The lowest BCUT2D eigenvalue weighted by Gasteiger charge is -2.27. The van der Waals surface area contributed by atoms with Gasteiger partial charge < -0.3 is 0 Å². The van der Waals surface area contributed by atoms with E-state index in [0.29, 0.717) is 19.4 Å². The molecular formula is C20H21NO2. The largest absolute Gasteiger partial charge is 0.283 e. The first-order valence-corrected chi connectivity index (χ1v) is 8.19. The number of hydrogen-bond donors (Lipinski definition) is 0. The molecule has 0 bridgehead atoms. The Balaban J connectivity index is 1.84. The highest BCUT2D eigenvalue weighted by molar-refractivity contribution is 5.96. The van der Waals surface area contributed by atoms with E-state index in [1.807, 2.05) is 60.7 Å². The van der Waals surface area contributed by atoms with Crippen LogP contribution in [0.15, 0.2) is 60.7 Å². The van der Waals surface area contributed by atoms with Crippen LogP contribution in [0.25, 0.3) is 0 Å². The zero-order chi connectivity index (χ0) is 16.1. The number of piperidine rings is 1. The molecule has 0 aliphatic carbocycles. The van der Waals surface area contributed by atoms with E-state index in [0.717, 1.165) is 24.0 Å². The third-order valence-electron chi connectivity index (χ3n) is 4.41. The molecule has 2 aromatic carbocycles. The minimum Gasteiger partial charge on any atom is -0.283 e. The SMILES string of the molecule is O=C1CCCCN1C(=O)CC(c1ccccc1)c1ccccc1. The third kappa shape index (κ3) is 3.67. The van der Waals surface area contributed by atoms with Crippen LogP contribution < -0.4 is 0 Å². The topological polar surface area (TPSA) is 37.4 Å². The summed E-state index contributed by atoms with van der Waals surface area (Å²) in [5.74, 6) is -0.104. The second-order valence-corrected chi connectivity index (χ2v) is 5.97. The van der Waals surface area contributed by atoms with E-state index in [4.69, 9.17) is 0 Å². The summed E-state index contributed by atoms with van der Waals surface area (Å²) >= 11 is 0. The Morgan fingerprint density at radius 2 is 1.48 bits per heavy atom. The summed E-state index contributed by atoms with van der Waals surface area (Å²) in [4.78, 5) is 26.1. The van der Waals surface area contributed by atoms with E-state index in [1.165, 1.54) is 4.90 Å². The second-order valence-electron chi connectivity index (χ2n) is 5.97. The van der Waals surface area contributed by atoms with Gasteiger partial charge in [-0.3, -0.25) is 14.5 Å². The van der Waals surface area contributed by atoms with E-state index >= 15 is 0 Å². The summed E-state index contributed by atoms with van der Waals surface area (Å²) in [6.45, 7) is 0.563. The van der Waals surface area contributed by atoms with E-state index in [-0.39, 0.29) is 17.7 Å². The molecule has 0 atom stereocenters. The van der Waals surface area contributed by atoms with Crippen LogP contribution in [0.1, 0.15) is 42.7 Å². The van der Waals surface area contributed by atoms with E-state index in [9.17, 15) is 9.59 Å². The Labute approximate surface area is 136 Å². The molecule has 3 nitrogen and oxygen atoms in total. The van der Waals surface area contributed by atoms with Gasteiger partial charge in [0, 0.05) is 25.3 Å². The molecule has 0 aromatic heterocycles. The van der Waals surface area contributed by atoms with Gasteiger partial charge in [0.25, 0.3) is 0 Å². The van der Waals surface area contributed by atoms with Crippen LogP contribution in [-0.4, -0.2) is 23.3 Å². The minimum atomic E-state index is -0.0626. The van der Waals surface area contributed by atoms with Gasteiger partial charge in [-0.25, -0.2) is 0 Å². The Hall–Kier alpha value is -2.42. The van der Waals surface area contributed by atoms with Gasteiger partial charge in [0.15, 0.2) is 0 Å². The van der Waals surface area contributed by atoms with Crippen molar-refractivity contribution in [3.05, 3.63) is 71.8 Å². The summed E-state index contributed by atoms with van der Waals surface area (Å²) in [5, 5.41) is 0. The molecule has 0 unspecified atom stereocenters. The fraction of sp³-hybridized carbons (Fsp3) is 0.300. The molecule has 0 N–H and O–H groups in total. The fourth-order valence-electron chi connectivity index (χ4n) is 3.15. The molecule has 1 fully saturated rings. The van der Waals surface area contributed by atoms with Crippen molar-refractivity contribution in [2.75, 3.05) is 6.54 Å². The van der Waals surface area contributed by atoms with Gasteiger partial charge in [0.05, 0.1) is 0 Å². The van der Waals surface area contributed by atoms with Gasteiger partial charge in [-0.1, -0.05) is 60.7 Å². The lowest BCUT2D eigenvalue weighted by Crippen LogP contribution is -2.40. The maximum atomic E-state index is 12.7. The van der Waals surface area contributed by atoms with Gasteiger partial charge in [0.1, 0.15) is 0 Å². The van der Waals surface area contributed by atoms with Gasteiger partial charge >= 0.3 is 0 Å². The molecule has 0 radical (unpaired) electrons. The van der Waals surface area contributed by atoms with E-state index in [2.05, 4.69) is 0 Å². The zero-order valence-electron chi connectivity index (χ0n) is 13.2. The van der Waals surface area contributed by atoms with Crippen LogP contribution in [0, 0.1) is 0 Å². The first kappa shape index (κ1) is 15.5. The van der Waals surface area contributed by atoms with Crippen molar-refractivity contribution in [3.8, 4) is 0 Å². The molecule has 1 heterocycles. The number of nitrogens with zero attached hydrogens (tertiary/aromatic N) is 1. The van der Waals surface area contributed by atoms with Crippen LogP contribution in [0.4, 0.5) is 0 Å². The number of benzene rings is 2. The zero-order valence-corrected chi connectivity index (χ0v) is 13.2. The highest BCUT2D eigenvalue weighted by Crippen LogP contribution is 2.29. The molecule has 1 saturated heterocycles. The molecule has 3 rings (SSSR count). The van der Waals surface area contributed by atoms with Crippen molar-refractivity contribution in [2.45, 2.75) is 31.6 Å². The molecule has 118 valence electrons. The maximum Gasteiger partial charge on any atom is 0.230 e. The summed E-state index contributed by atoms with van der Waals surface area (Å²) < 4.78 is 0. The molecule has 3 heteroatoms. The number of hydrogen-bond acceptors (Lipinski definition) is 2. The van der Waals surface area contributed by atoms with Crippen LogP contribution in [0.5, 0.6) is 0 Å². The van der Waals surface area contributed by atoms with Crippen molar-refractivity contribution in [3.63, 3.8) is 0 Å². The smallest absolute Gasteiger partial charge is 0.230 e. The molecule has 1 aliphatic heterocycles. The van der Waals surface area contributed by atoms with Crippen molar-refractivity contribution in [2.24, 2.45) is 0 Å². The number of imide groups is 1. The highest BCUT2D eigenvalue weighted by atomic mass is 16.2. The van der Waals surface area contributed by atoms with Crippen LogP contribution in [0.2, 0.25) is 0 Å². The lowest BCUT2D eigenvalue weighted by atomic mass is 9.88. The predicted molar refractivity (Wildman–Crippen MR) is 89.9 cm³/mol. The van der Waals surface area contributed by atoms with E-state index < -0.39 is 0 Å². The van der Waals surface area contributed by atoms with Gasteiger partial charge in [-0.15, -0.1) is 0 Å². The van der Waals surface area contributed by atoms with Crippen molar-refractivity contribution in [1.29, 1.82) is 0 Å². The van der Waals surface area contributed by atoms with Crippen LogP contribution in [-0.2, 0) is 9.59 Å². The third-order valence-corrected chi connectivity index (χ3v) is 4.41. The minimum absolute atomic E-state index is 0.0142. The Morgan fingerprint density at radius 3 is 2.00 bits per heavy atom. The monoisotopic (exact) mass is 307 g/mol. The summed E-state index contributed by atoms with van der Waals surface area (Å²) in [6.07, 6.45) is 2.63. The first-order chi connectivity index (χ1) is 11.3.